The van der Waals surface area contributed by atoms with Crippen LogP contribution in [-0.4, -0.2) is 9.91 Å². The molecular weight excluding hydrogens is 252 g/mol. The quantitative estimate of drug-likeness (QED) is 0.572. The van der Waals surface area contributed by atoms with E-state index in [1.165, 1.54) is 6.08 Å². The van der Waals surface area contributed by atoms with Crippen LogP contribution >= 0.6 is 0 Å². The van der Waals surface area contributed by atoms with Gasteiger partial charge in [-0.1, -0.05) is 36.4 Å². The summed E-state index contributed by atoms with van der Waals surface area (Å²) in [5, 5.41) is 11.4. The van der Waals surface area contributed by atoms with Gasteiger partial charge >= 0.3 is 0 Å². The molecule has 0 saturated carbocycles. The smallest absolute Gasteiger partial charge is 0.235 e. The minimum Gasteiger partial charge on any atom is -0.361 e. The lowest BCUT2D eigenvalue weighted by atomic mass is 10.0. The fourth-order valence-corrected chi connectivity index (χ4v) is 2.23. The van der Waals surface area contributed by atoms with Gasteiger partial charge in [0.2, 0.25) is 6.20 Å². The number of benzene rings is 2. The zero-order valence-corrected chi connectivity index (χ0v) is 10.6. The first kappa shape index (κ1) is 12.2. The second kappa shape index (κ2) is 5.01. The highest BCUT2D eigenvalue weighted by Gasteiger charge is 2.04. The fourth-order valence-electron chi connectivity index (χ4n) is 2.23. The summed E-state index contributed by atoms with van der Waals surface area (Å²) in [6, 6.07) is 16.1. The van der Waals surface area contributed by atoms with E-state index >= 15 is 0 Å². The van der Waals surface area contributed by atoms with Gasteiger partial charge in [0.1, 0.15) is 0 Å². The molecule has 0 saturated heterocycles. The summed E-state index contributed by atoms with van der Waals surface area (Å²) < 4.78 is 0. The minimum atomic E-state index is -0.458. The summed E-state index contributed by atoms with van der Waals surface area (Å²) in [4.78, 5) is 13.1. The van der Waals surface area contributed by atoms with Crippen LogP contribution in [-0.2, 0) is 0 Å². The maximum Gasteiger partial charge on any atom is 0.235 e. The average molecular weight is 264 g/mol. The third-order valence-electron chi connectivity index (χ3n) is 3.20. The van der Waals surface area contributed by atoms with Gasteiger partial charge in [-0.2, -0.15) is 0 Å². The molecule has 0 amide bonds. The van der Waals surface area contributed by atoms with Gasteiger partial charge in [0.15, 0.2) is 0 Å². The number of nitrogens with zero attached hydrogens (tertiary/aromatic N) is 1. The average Bonchev–Trinajstić information content (AvgIpc) is 2.88. The third-order valence-corrected chi connectivity index (χ3v) is 3.20. The zero-order chi connectivity index (χ0) is 13.9. The van der Waals surface area contributed by atoms with Crippen molar-refractivity contribution in [1.82, 2.24) is 4.98 Å². The number of hydrogen-bond acceptors (Lipinski definition) is 2. The predicted molar refractivity (Wildman–Crippen MR) is 79.8 cm³/mol. The van der Waals surface area contributed by atoms with Crippen LogP contribution in [0.4, 0.5) is 0 Å². The maximum absolute atomic E-state index is 10.4. The topological polar surface area (TPSA) is 58.9 Å². The van der Waals surface area contributed by atoms with E-state index in [1.54, 1.807) is 6.20 Å². The van der Waals surface area contributed by atoms with Crippen molar-refractivity contribution >= 4 is 17.0 Å². The van der Waals surface area contributed by atoms with E-state index in [0.717, 1.165) is 33.8 Å². The van der Waals surface area contributed by atoms with Crippen molar-refractivity contribution in [2.75, 3.05) is 0 Å². The molecule has 0 aliphatic carbocycles. The van der Waals surface area contributed by atoms with Gasteiger partial charge in [0, 0.05) is 28.7 Å². The second-order valence-corrected chi connectivity index (χ2v) is 4.47. The molecule has 1 heterocycles. The molecule has 1 aromatic heterocycles. The highest BCUT2D eigenvalue weighted by Crippen LogP contribution is 2.26. The minimum absolute atomic E-state index is 0.458. The van der Waals surface area contributed by atoms with Gasteiger partial charge in [-0.3, -0.25) is 10.1 Å². The number of nitro groups is 1. The van der Waals surface area contributed by atoms with Gasteiger partial charge in [-0.05, 0) is 23.3 Å². The zero-order valence-electron chi connectivity index (χ0n) is 10.6. The van der Waals surface area contributed by atoms with Crippen molar-refractivity contribution in [3.8, 4) is 11.1 Å². The number of hydrogen-bond donors (Lipinski definition) is 1. The molecule has 0 fully saturated rings. The summed E-state index contributed by atoms with van der Waals surface area (Å²) in [6.07, 6.45) is 4.24. The lowest BCUT2D eigenvalue weighted by Gasteiger charge is -2.02. The Kier molecular flexibility index (Phi) is 3.05. The van der Waals surface area contributed by atoms with E-state index in [-0.39, 0.29) is 0 Å². The predicted octanol–water partition coefficient (Wildman–Crippen LogP) is 4.08. The summed E-state index contributed by atoms with van der Waals surface area (Å²) in [5.74, 6) is 0. The third kappa shape index (κ3) is 2.31. The van der Waals surface area contributed by atoms with Crippen molar-refractivity contribution in [2.45, 2.75) is 0 Å². The van der Waals surface area contributed by atoms with Crippen LogP contribution in [0.2, 0.25) is 0 Å². The van der Waals surface area contributed by atoms with Crippen molar-refractivity contribution < 1.29 is 4.92 Å². The molecule has 3 rings (SSSR count). The molecule has 98 valence electrons. The molecule has 0 radical (unpaired) electrons. The van der Waals surface area contributed by atoms with Crippen LogP contribution in [0.5, 0.6) is 0 Å². The first-order chi connectivity index (χ1) is 9.74. The molecule has 4 nitrogen and oxygen atoms in total. The molecular formula is C16H12N2O2. The molecule has 0 bridgehead atoms. The van der Waals surface area contributed by atoms with Crippen LogP contribution in [0.25, 0.3) is 28.1 Å². The molecule has 0 aliphatic rings. The molecule has 2 aromatic carbocycles. The van der Waals surface area contributed by atoms with Gasteiger partial charge in [0.05, 0.1) is 4.92 Å². The number of aromatic amines is 1. The van der Waals surface area contributed by atoms with Gasteiger partial charge < -0.3 is 4.98 Å². The molecule has 0 unspecified atom stereocenters. The molecule has 0 spiro atoms. The van der Waals surface area contributed by atoms with Crippen LogP contribution < -0.4 is 0 Å². The van der Waals surface area contributed by atoms with Crippen molar-refractivity contribution in [3.05, 3.63) is 76.6 Å². The normalized spacial score (nSPS) is 11.2. The van der Waals surface area contributed by atoms with Crippen LogP contribution in [0.3, 0.4) is 0 Å². The monoisotopic (exact) mass is 264 g/mol. The van der Waals surface area contributed by atoms with Crippen LogP contribution in [0.1, 0.15) is 5.56 Å². The number of H-pyrrole nitrogens is 1. The van der Waals surface area contributed by atoms with Crippen molar-refractivity contribution in [3.63, 3.8) is 0 Å². The Morgan fingerprint density at radius 1 is 1.05 bits per heavy atom. The Bertz CT molecular complexity index is 789. The number of rotatable bonds is 3. The molecule has 1 N–H and O–H groups in total. The van der Waals surface area contributed by atoms with Gasteiger partial charge in [0.25, 0.3) is 0 Å². The summed E-state index contributed by atoms with van der Waals surface area (Å²) in [5.41, 5.74) is 4.00. The summed E-state index contributed by atoms with van der Waals surface area (Å²) >= 11 is 0. The lowest BCUT2D eigenvalue weighted by Crippen LogP contribution is -1.82. The lowest BCUT2D eigenvalue weighted by molar-refractivity contribution is -0.400. The standard InChI is InChI=1S/C16H12N2O2/c19-18(20)9-8-14-11-17-16-7-6-13(10-15(14)16)12-4-2-1-3-5-12/h1-11,17H. The second-order valence-electron chi connectivity index (χ2n) is 4.47. The highest BCUT2D eigenvalue weighted by molar-refractivity contribution is 5.92. The Hall–Kier alpha value is -2.88. The SMILES string of the molecule is O=[N+]([O-])C=Cc1c[nH]c2ccc(-c3ccccc3)cc12. The Balaban J connectivity index is 2.10. The van der Waals surface area contributed by atoms with Crippen LogP contribution in [0, 0.1) is 10.1 Å². The van der Waals surface area contributed by atoms with E-state index in [9.17, 15) is 10.1 Å². The van der Waals surface area contributed by atoms with Gasteiger partial charge in [-0.15, -0.1) is 0 Å². The van der Waals surface area contributed by atoms with Crippen molar-refractivity contribution in [2.24, 2.45) is 0 Å². The molecule has 4 heteroatoms. The Morgan fingerprint density at radius 2 is 1.85 bits per heavy atom. The van der Waals surface area contributed by atoms with E-state index in [4.69, 9.17) is 0 Å². The Morgan fingerprint density at radius 3 is 2.60 bits per heavy atom. The summed E-state index contributed by atoms with van der Waals surface area (Å²) in [6.45, 7) is 0. The first-order valence-corrected chi connectivity index (χ1v) is 6.22. The summed E-state index contributed by atoms with van der Waals surface area (Å²) in [7, 11) is 0. The van der Waals surface area contributed by atoms with E-state index in [2.05, 4.69) is 4.98 Å². The van der Waals surface area contributed by atoms with Gasteiger partial charge in [-0.25, -0.2) is 0 Å². The van der Waals surface area contributed by atoms with E-state index in [0.29, 0.717) is 0 Å². The highest BCUT2D eigenvalue weighted by atomic mass is 16.6. The fraction of sp³-hybridized carbons (Fsp3) is 0. The van der Waals surface area contributed by atoms with E-state index < -0.39 is 4.92 Å². The number of nitrogens with one attached hydrogen (secondary N) is 1. The Labute approximate surface area is 115 Å². The molecule has 3 aromatic rings. The molecule has 0 atom stereocenters. The van der Waals surface area contributed by atoms with E-state index in [1.807, 2.05) is 48.5 Å². The number of aromatic nitrogens is 1. The van der Waals surface area contributed by atoms with Crippen molar-refractivity contribution in [1.29, 1.82) is 0 Å². The largest absolute Gasteiger partial charge is 0.361 e. The molecule has 20 heavy (non-hydrogen) atoms. The first-order valence-electron chi connectivity index (χ1n) is 6.22. The molecule has 0 aliphatic heterocycles. The maximum atomic E-state index is 10.4. The number of fused-ring (bicyclic) bond motifs is 1. The van der Waals surface area contributed by atoms with Crippen LogP contribution in [0.15, 0.2) is 60.9 Å².